The van der Waals surface area contributed by atoms with Crippen LogP contribution in [0.1, 0.15) is 15.9 Å². The summed E-state index contributed by atoms with van der Waals surface area (Å²) in [6.45, 7) is 0.275. The monoisotopic (exact) mass is 310 g/mol. The number of halogens is 1. The third-order valence-electron chi connectivity index (χ3n) is 2.29. The first-order valence-corrected chi connectivity index (χ1v) is 6.00. The van der Waals surface area contributed by atoms with Crippen LogP contribution < -0.4 is 4.74 Å². The summed E-state index contributed by atoms with van der Waals surface area (Å²) in [6, 6.07) is 7.60. The van der Waals surface area contributed by atoms with Crippen molar-refractivity contribution in [2.75, 3.05) is 0 Å². The average molecular weight is 311 g/mol. The summed E-state index contributed by atoms with van der Waals surface area (Å²) in [4.78, 5) is 11.0. The van der Waals surface area contributed by atoms with E-state index in [9.17, 15) is 4.79 Å². The number of benzene rings is 1. The van der Waals surface area contributed by atoms with Gasteiger partial charge in [0.15, 0.2) is 0 Å². The molecule has 0 atom stereocenters. The first-order chi connectivity index (χ1) is 8.56. The summed E-state index contributed by atoms with van der Waals surface area (Å²) in [7, 11) is 1.65. The Bertz CT molecular complexity index is 580. The highest BCUT2D eigenvalue weighted by Gasteiger charge is 2.15. The van der Waals surface area contributed by atoms with E-state index in [0.29, 0.717) is 0 Å². The topological polar surface area (TPSA) is 64.4 Å². The van der Waals surface area contributed by atoms with Crippen molar-refractivity contribution in [3.8, 4) is 5.88 Å². The molecular formula is C12H11BrN2O3. The molecule has 0 aliphatic rings. The van der Waals surface area contributed by atoms with Gasteiger partial charge >= 0.3 is 5.97 Å². The molecule has 18 heavy (non-hydrogen) atoms. The van der Waals surface area contributed by atoms with E-state index >= 15 is 0 Å². The van der Waals surface area contributed by atoms with Gasteiger partial charge in [0.1, 0.15) is 12.2 Å². The molecule has 0 saturated carbocycles. The quantitative estimate of drug-likeness (QED) is 0.942. The fourth-order valence-corrected chi connectivity index (χ4v) is 1.95. The molecule has 0 amide bonds. The van der Waals surface area contributed by atoms with Gasteiger partial charge in [-0.15, -0.1) is 5.10 Å². The van der Waals surface area contributed by atoms with E-state index in [4.69, 9.17) is 9.84 Å². The Kier molecular flexibility index (Phi) is 3.66. The van der Waals surface area contributed by atoms with Crippen molar-refractivity contribution in [2.24, 2.45) is 7.05 Å². The zero-order chi connectivity index (χ0) is 13.1. The Hall–Kier alpha value is -1.82. The highest BCUT2D eigenvalue weighted by atomic mass is 79.9. The summed E-state index contributed by atoms with van der Waals surface area (Å²) < 4.78 is 7.79. The van der Waals surface area contributed by atoms with Gasteiger partial charge in [0.25, 0.3) is 0 Å². The number of aryl methyl sites for hydroxylation is 1. The van der Waals surface area contributed by atoms with Crippen LogP contribution in [-0.2, 0) is 13.7 Å². The van der Waals surface area contributed by atoms with Crippen molar-refractivity contribution in [2.45, 2.75) is 6.61 Å². The molecule has 6 heteroatoms. The van der Waals surface area contributed by atoms with Gasteiger partial charge in [0.2, 0.25) is 5.88 Å². The molecule has 2 aromatic rings. The maximum atomic E-state index is 11.0. The Morgan fingerprint density at radius 3 is 3.00 bits per heavy atom. The Morgan fingerprint density at radius 1 is 1.56 bits per heavy atom. The van der Waals surface area contributed by atoms with Gasteiger partial charge in [-0.25, -0.2) is 4.79 Å². The number of hydrogen-bond donors (Lipinski definition) is 1. The number of aromatic carboxylic acids is 1. The van der Waals surface area contributed by atoms with Crippen LogP contribution in [0.3, 0.4) is 0 Å². The van der Waals surface area contributed by atoms with E-state index in [-0.39, 0.29) is 18.1 Å². The van der Waals surface area contributed by atoms with E-state index in [1.54, 1.807) is 7.05 Å². The number of carboxylic acid groups (broad SMARTS) is 1. The number of aromatic nitrogens is 2. The number of nitrogens with zero attached hydrogens (tertiary/aromatic N) is 2. The number of carbonyl (C=O) groups is 1. The van der Waals surface area contributed by atoms with Gasteiger partial charge in [-0.05, 0) is 17.7 Å². The first kappa shape index (κ1) is 12.6. The lowest BCUT2D eigenvalue weighted by molar-refractivity contribution is 0.0691. The molecule has 0 fully saturated rings. The highest BCUT2D eigenvalue weighted by Crippen LogP contribution is 2.18. The van der Waals surface area contributed by atoms with Crippen LogP contribution >= 0.6 is 15.9 Å². The number of hydrogen-bond acceptors (Lipinski definition) is 3. The van der Waals surface area contributed by atoms with Crippen molar-refractivity contribution in [1.29, 1.82) is 0 Å². The molecule has 0 aliphatic heterocycles. The predicted molar refractivity (Wildman–Crippen MR) is 68.6 cm³/mol. The second-order valence-electron chi connectivity index (χ2n) is 3.75. The van der Waals surface area contributed by atoms with E-state index in [1.165, 1.54) is 10.9 Å². The molecule has 1 N–H and O–H groups in total. The van der Waals surface area contributed by atoms with Crippen molar-refractivity contribution >= 4 is 21.9 Å². The smallest absolute Gasteiger partial charge is 0.342 e. The van der Waals surface area contributed by atoms with E-state index < -0.39 is 5.97 Å². The van der Waals surface area contributed by atoms with Gasteiger partial charge in [0.05, 0.1) is 0 Å². The Balaban J connectivity index is 2.13. The zero-order valence-electron chi connectivity index (χ0n) is 9.63. The second kappa shape index (κ2) is 5.22. The molecular weight excluding hydrogens is 300 g/mol. The van der Waals surface area contributed by atoms with Crippen LogP contribution in [0.5, 0.6) is 5.88 Å². The van der Waals surface area contributed by atoms with Crippen LogP contribution in [0.25, 0.3) is 0 Å². The van der Waals surface area contributed by atoms with Crippen LogP contribution in [0.15, 0.2) is 34.9 Å². The summed E-state index contributed by atoms with van der Waals surface area (Å²) in [6.07, 6.45) is 1.42. The number of rotatable bonds is 4. The lowest BCUT2D eigenvalue weighted by atomic mass is 10.2. The molecule has 0 bridgehead atoms. The molecule has 0 saturated heterocycles. The van der Waals surface area contributed by atoms with E-state index in [0.717, 1.165) is 10.0 Å². The van der Waals surface area contributed by atoms with E-state index in [2.05, 4.69) is 21.0 Å². The van der Waals surface area contributed by atoms with Crippen molar-refractivity contribution in [1.82, 2.24) is 9.78 Å². The van der Waals surface area contributed by atoms with Crippen LogP contribution in [0.4, 0.5) is 0 Å². The third kappa shape index (κ3) is 2.89. The van der Waals surface area contributed by atoms with Crippen molar-refractivity contribution < 1.29 is 14.6 Å². The van der Waals surface area contributed by atoms with Gasteiger partial charge < -0.3 is 9.84 Å². The van der Waals surface area contributed by atoms with Gasteiger partial charge in [-0.2, -0.15) is 0 Å². The molecule has 0 spiro atoms. The summed E-state index contributed by atoms with van der Waals surface area (Å²) >= 11 is 3.36. The third-order valence-corrected chi connectivity index (χ3v) is 2.78. The van der Waals surface area contributed by atoms with Crippen molar-refractivity contribution in [3.05, 3.63) is 46.1 Å². The molecule has 1 aromatic heterocycles. The molecule has 0 aliphatic carbocycles. The minimum absolute atomic E-state index is 0.0625. The van der Waals surface area contributed by atoms with E-state index in [1.807, 2.05) is 24.3 Å². The number of carboxylic acids is 1. The molecule has 5 nitrogen and oxygen atoms in total. The minimum atomic E-state index is -1.05. The zero-order valence-corrected chi connectivity index (χ0v) is 11.2. The number of ether oxygens (including phenoxy) is 1. The SMILES string of the molecule is Cn1cc(C(=O)O)c(OCc2cccc(Br)c2)n1. The summed E-state index contributed by atoms with van der Waals surface area (Å²) in [5.74, 6) is -0.919. The first-order valence-electron chi connectivity index (χ1n) is 5.20. The van der Waals surface area contributed by atoms with Crippen molar-refractivity contribution in [3.63, 3.8) is 0 Å². The summed E-state index contributed by atoms with van der Waals surface area (Å²) in [5.41, 5.74) is 0.999. The maximum absolute atomic E-state index is 11.0. The second-order valence-corrected chi connectivity index (χ2v) is 4.66. The fraction of sp³-hybridized carbons (Fsp3) is 0.167. The largest absolute Gasteiger partial charge is 0.477 e. The maximum Gasteiger partial charge on any atom is 0.342 e. The Labute approximate surface area is 112 Å². The van der Waals surface area contributed by atoms with Gasteiger partial charge in [-0.3, -0.25) is 4.68 Å². The Morgan fingerprint density at radius 2 is 2.33 bits per heavy atom. The summed E-state index contributed by atoms with van der Waals surface area (Å²) in [5, 5.41) is 13.0. The van der Waals surface area contributed by atoms with Crippen LogP contribution in [-0.4, -0.2) is 20.9 Å². The highest BCUT2D eigenvalue weighted by molar-refractivity contribution is 9.10. The molecule has 0 radical (unpaired) electrons. The lowest BCUT2D eigenvalue weighted by Crippen LogP contribution is -2.01. The molecule has 0 unspecified atom stereocenters. The molecule has 2 rings (SSSR count). The lowest BCUT2D eigenvalue weighted by Gasteiger charge is -2.04. The average Bonchev–Trinajstić information content (AvgIpc) is 2.68. The van der Waals surface area contributed by atoms with Gasteiger partial charge in [-0.1, -0.05) is 28.1 Å². The molecule has 1 aromatic carbocycles. The standard InChI is InChI=1S/C12H11BrN2O3/c1-15-6-10(12(16)17)11(14-15)18-7-8-3-2-4-9(13)5-8/h2-6H,7H2,1H3,(H,16,17). The van der Waals surface area contributed by atoms with Crippen LogP contribution in [0, 0.1) is 0 Å². The van der Waals surface area contributed by atoms with Gasteiger partial charge in [0, 0.05) is 17.7 Å². The minimum Gasteiger partial charge on any atom is -0.477 e. The molecule has 1 heterocycles. The normalized spacial score (nSPS) is 10.3. The fourth-order valence-electron chi connectivity index (χ4n) is 1.50. The molecule has 94 valence electrons. The van der Waals surface area contributed by atoms with Crippen LogP contribution in [0.2, 0.25) is 0 Å². The predicted octanol–water partition coefficient (Wildman–Crippen LogP) is 2.46.